The number of terminal acetylenes is 1. The molecule has 0 radical (unpaired) electrons. The largest absolute Gasteiger partial charge is 1.00 e. The van der Waals surface area contributed by atoms with Crippen LogP contribution in [0.25, 0.3) is 0 Å². The van der Waals surface area contributed by atoms with E-state index >= 15 is 0 Å². The van der Waals surface area contributed by atoms with E-state index in [2.05, 4.69) is 194 Å². The summed E-state index contributed by atoms with van der Waals surface area (Å²) in [6.07, 6.45) is 38.2. The first-order valence-corrected chi connectivity index (χ1v) is 32.6. The zero-order chi connectivity index (χ0) is 52.5. The zero-order valence-electron chi connectivity index (χ0n) is 48.1. The Bertz CT molecular complexity index is 1880. The average Bonchev–Trinajstić information content (AvgIpc) is 3.39. The Labute approximate surface area is 465 Å². The van der Waals surface area contributed by atoms with Crippen molar-refractivity contribution in [1.29, 1.82) is 0 Å². The number of hydrogen-bond acceptors (Lipinski definition) is 3. The van der Waals surface area contributed by atoms with Gasteiger partial charge in [0.2, 0.25) is 0 Å². The molecule has 4 rings (SSSR count). The van der Waals surface area contributed by atoms with Gasteiger partial charge in [0.25, 0.3) is 16.6 Å². The Kier molecular flexibility index (Phi) is 39.1. The summed E-state index contributed by atoms with van der Waals surface area (Å²) in [5.74, 6) is 8.45. The van der Waals surface area contributed by atoms with Gasteiger partial charge in [-0.05, 0) is 56.5 Å². The minimum absolute atomic E-state index is 0. The van der Waals surface area contributed by atoms with Crippen molar-refractivity contribution in [2.75, 3.05) is 19.8 Å². The van der Waals surface area contributed by atoms with E-state index in [4.69, 9.17) is 20.4 Å². The van der Waals surface area contributed by atoms with Gasteiger partial charge >= 0.3 is 18.9 Å². The van der Waals surface area contributed by atoms with Crippen LogP contribution in [0.1, 0.15) is 215 Å². The smallest absolute Gasteiger partial charge is 0.407 e. The van der Waals surface area contributed by atoms with Gasteiger partial charge in [-0.15, -0.1) is 18.3 Å². The molecule has 0 spiro atoms. The molecule has 0 aliphatic heterocycles. The molecule has 0 aliphatic carbocycles. The molecule has 4 aromatic carbocycles. The van der Waals surface area contributed by atoms with Crippen molar-refractivity contribution in [3.05, 3.63) is 128 Å². The fraction of sp³-hybridized carbons (Fsp3) is 0.567. The number of unbranched alkanes of at least 4 members (excludes halogenated alkanes) is 23. The molecule has 6 heteroatoms. The van der Waals surface area contributed by atoms with Crippen molar-refractivity contribution in [3.63, 3.8) is 0 Å². The van der Waals surface area contributed by atoms with Crippen LogP contribution in [0.3, 0.4) is 0 Å². The van der Waals surface area contributed by atoms with Gasteiger partial charge < -0.3 is 20.9 Å². The summed E-state index contributed by atoms with van der Waals surface area (Å²) in [6.45, 7) is 21.5. The van der Waals surface area contributed by atoms with E-state index in [1.807, 2.05) is 0 Å². The van der Waals surface area contributed by atoms with Crippen molar-refractivity contribution in [2.45, 2.75) is 225 Å². The molecule has 3 nitrogen and oxygen atoms in total. The number of aliphatic hydroxyl groups excluding tert-OH is 1. The second-order valence-electron chi connectivity index (χ2n) is 21.9. The van der Waals surface area contributed by atoms with Crippen LogP contribution in [0.5, 0.6) is 0 Å². The van der Waals surface area contributed by atoms with Crippen LogP contribution in [0.2, 0.25) is 10.1 Å². The summed E-state index contributed by atoms with van der Waals surface area (Å²) in [7, 11) is -4.74. The van der Waals surface area contributed by atoms with E-state index in [-0.39, 0.29) is 35.5 Å². The Morgan fingerprint density at radius 2 is 0.671 bits per heavy atom. The Morgan fingerprint density at radius 3 is 0.904 bits per heavy atom. The zero-order valence-corrected chi connectivity index (χ0v) is 50.1. The molecule has 0 atom stereocenters. The van der Waals surface area contributed by atoms with Gasteiger partial charge in [-0.25, -0.2) is 0 Å². The molecule has 0 fully saturated rings. The molecule has 398 valence electrons. The van der Waals surface area contributed by atoms with Gasteiger partial charge in [0.15, 0.2) is 0 Å². The summed E-state index contributed by atoms with van der Waals surface area (Å²) < 4.78 is 14.0. The van der Waals surface area contributed by atoms with Crippen LogP contribution in [0, 0.1) is 31.1 Å². The third kappa shape index (κ3) is 26.5. The van der Waals surface area contributed by atoms with E-state index in [0.29, 0.717) is 0 Å². The molecule has 0 saturated heterocycles. The molecule has 0 saturated carbocycles. The molecule has 0 heterocycles. The maximum atomic E-state index is 8.64. The van der Waals surface area contributed by atoms with E-state index in [1.165, 1.54) is 156 Å². The first-order valence-electron chi connectivity index (χ1n) is 28.8. The molecular weight excluding hydrogens is 916 g/mol. The molecule has 0 bridgehead atoms. The summed E-state index contributed by atoms with van der Waals surface area (Å²) in [5, 5.41) is 14.3. The number of aliphatic hydroxyl groups is 1. The van der Waals surface area contributed by atoms with Crippen LogP contribution in [-0.4, -0.2) is 41.6 Å². The van der Waals surface area contributed by atoms with E-state index in [9.17, 15) is 0 Å². The summed E-state index contributed by atoms with van der Waals surface area (Å²) in [6, 6.07) is 43.9. The number of rotatable bonds is 33. The summed E-state index contributed by atoms with van der Waals surface area (Å²) in [4.78, 5) is 0. The second kappa shape index (κ2) is 42.1. The SMILES string of the molecule is C#CCCCCCCCCCCCCCO[Si](c1ccccc1)(c1ccccc1)C(C)(C)C.CC(C)(C)[Si](OCCCCCCCCCCCCCC#CCO)(c1ccccc1)c1ccccc1.[CH2-]CCC.[Li+]. The van der Waals surface area contributed by atoms with Crippen LogP contribution in [-0.2, 0) is 8.85 Å². The minimum atomic E-state index is -2.37. The van der Waals surface area contributed by atoms with Crippen LogP contribution < -0.4 is 39.6 Å². The molecule has 0 unspecified atom stereocenters. The standard InChI is InChI=1S/C32H48O2Si.C31H46OSi.C4H9.Li/c1-32(2,3)35(30-24-18-16-19-25-30,31-26-20-17-21-27-31)34-29-23-15-13-11-9-7-5-4-6-8-10-12-14-22-28-33;1-5-6-7-8-9-10-11-12-13-14-15-16-23-28-32-33(31(2,3)4,29-24-19-17-20-25-29)30-26-21-18-22-27-30;1-3-4-2;/h16-21,24-27,33H,4-13,15,23,28-29H2,1-3H3;1,17-22,24-27H,6-16,23,28H2,2-4H3;1,3-4H2,2H3;/q;;-1;+1. The van der Waals surface area contributed by atoms with Crippen molar-refractivity contribution in [3.8, 4) is 24.2 Å². The summed E-state index contributed by atoms with van der Waals surface area (Å²) in [5.41, 5.74) is 0. The molecule has 73 heavy (non-hydrogen) atoms. The van der Waals surface area contributed by atoms with Crippen molar-refractivity contribution < 1.29 is 32.8 Å². The third-order valence-electron chi connectivity index (χ3n) is 13.9. The topological polar surface area (TPSA) is 38.7 Å². The maximum absolute atomic E-state index is 8.64. The Hall–Kier alpha value is -3.09. The molecular formula is C67H103LiO3Si2. The van der Waals surface area contributed by atoms with E-state index < -0.39 is 16.6 Å². The molecule has 0 amide bonds. The predicted octanol–water partition coefficient (Wildman–Crippen LogP) is 13.7. The molecule has 0 aromatic heterocycles. The van der Waals surface area contributed by atoms with E-state index in [0.717, 1.165) is 45.3 Å². The average molecular weight is 1020 g/mol. The van der Waals surface area contributed by atoms with Crippen LogP contribution in [0.15, 0.2) is 121 Å². The van der Waals surface area contributed by atoms with Gasteiger partial charge in [-0.2, -0.15) is 6.42 Å². The summed E-state index contributed by atoms with van der Waals surface area (Å²) >= 11 is 0. The van der Waals surface area contributed by atoms with Crippen LogP contribution >= 0.6 is 0 Å². The van der Waals surface area contributed by atoms with E-state index in [1.54, 1.807) is 0 Å². The van der Waals surface area contributed by atoms with Gasteiger partial charge in [0, 0.05) is 26.1 Å². The molecule has 0 aliphatic rings. The Morgan fingerprint density at radius 1 is 0.425 bits per heavy atom. The first-order chi connectivity index (χ1) is 35.0. The van der Waals surface area contributed by atoms with Crippen molar-refractivity contribution in [2.24, 2.45) is 0 Å². The van der Waals surface area contributed by atoms with Gasteiger partial charge in [-0.3, -0.25) is 0 Å². The molecule has 1 N–H and O–H groups in total. The Balaban J connectivity index is 0.000000672. The van der Waals surface area contributed by atoms with Gasteiger partial charge in [0.05, 0.1) is 0 Å². The van der Waals surface area contributed by atoms with Crippen molar-refractivity contribution in [1.82, 2.24) is 0 Å². The number of benzene rings is 4. The maximum Gasteiger partial charge on any atom is 1.00 e. The quantitative estimate of drug-likeness (QED) is 0.0224. The number of hydrogen-bond donors (Lipinski definition) is 1. The predicted molar refractivity (Wildman–Crippen MR) is 322 cm³/mol. The van der Waals surface area contributed by atoms with Gasteiger partial charge in [-0.1, -0.05) is 298 Å². The third-order valence-corrected chi connectivity index (χ3v) is 24.0. The minimum Gasteiger partial charge on any atom is -0.407 e. The fourth-order valence-electron chi connectivity index (χ4n) is 9.94. The monoisotopic (exact) mass is 1020 g/mol. The van der Waals surface area contributed by atoms with Crippen LogP contribution in [0.4, 0.5) is 0 Å². The second-order valence-corrected chi connectivity index (χ2v) is 30.5. The van der Waals surface area contributed by atoms with Gasteiger partial charge in [0.1, 0.15) is 6.61 Å². The molecule has 4 aromatic rings. The van der Waals surface area contributed by atoms with Crippen molar-refractivity contribution >= 4 is 37.4 Å². The first kappa shape index (κ1) is 67.9. The normalized spacial score (nSPS) is 11.5. The fourth-order valence-corrected chi connectivity index (χ4v) is 19.2.